The van der Waals surface area contributed by atoms with E-state index in [4.69, 9.17) is 12.2 Å². The molecule has 2 aromatic rings. The van der Waals surface area contributed by atoms with Gasteiger partial charge in [-0.3, -0.25) is 4.79 Å². The van der Waals surface area contributed by atoms with Crippen LogP contribution in [0.1, 0.15) is 5.56 Å². The number of hydrogen-bond acceptors (Lipinski definition) is 4. The maximum atomic E-state index is 10.4. The first-order valence-electron chi connectivity index (χ1n) is 4.31. The van der Waals surface area contributed by atoms with Crippen molar-refractivity contribution in [2.75, 3.05) is 0 Å². The summed E-state index contributed by atoms with van der Waals surface area (Å²) in [5.74, 6) is 0. The molecule has 1 heterocycles. The molecule has 1 aromatic carbocycles. The molecule has 3 nitrogen and oxygen atoms in total. The largest absolute Gasteiger partial charge is 0.343 e. The molecule has 0 bridgehead atoms. The molecule has 2 rings (SSSR count). The fourth-order valence-electron chi connectivity index (χ4n) is 1.31. The predicted octanol–water partition coefficient (Wildman–Crippen LogP) is 2.88. The molecule has 0 fully saturated rings. The lowest BCUT2D eigenvalue weighted by atomic mass is 10.2. The van der Waals surface area contributed by atoms with Crippen LogP contribution >= 0.6 is 24.0 Å². The second kappa shape index (κ2) is 4.12. The molecule has 0 aliphatic carbocycles. The molecule has 0 atom stereocenters. The lowest BCUT2D eigenvalue weighted by Gasteiger charge is -2.01. The van der Waals surface area contributed by atoms with Gasteiger partial charge in [-0.15, -0.1) is 0 Å². The molecule has 0 radical (unpaired) electrons. The van der Waals surface area contributed by atoms with Crippen molar-refractivity contribution in [1.29, 1.82) is 0 Å². The number of carbonyl (C=O) groups excluding carboxylic acids is 1. The van der Waals surface area contributed by atoms with Crippen LogP contribution in [0.25, 0.3) is 11.0 Å². The average molecular weight is 236 g/mol. The number of H-pyrrole nitrogens is 1. The standard InChI is InChI=1S/C10H8N2OS2/c1-6-2-3-7-8(4-6)11-9(14)10(12-7)15-5-13/h2-5H,1H3,(H,11,14). The molecular weight excluding hydrogens is 228 g/mol. The van der Waals surface area contributed by atoms with Crippen LogP contribution < -0.4 is 0 Å². The second-order valence-corrected chi connectivity index (χ2v) is 4.33. The monoisotopic (exact) mass is 236 g/mol. The Balaban J connectivity index is 2.70. The third-order valence-electron chi connectivity index (χ3n) is 1.98. The van der Waals surface area contributed by atoms with Gasteiger partial charge in [-0.2, -0.15) is 0 Å². The minimum absolute atomic E-state index is 0.505. The number of nitrogens with one attached hydrogen (secondary N) is 1. The lowest BCUT2D eigenvalue weighted by Crippen LogP contribution is -1.89. The lowest BCUT2D eigenvalue weighted by molar-refractivity contribution is 0.570. The Kier molecular flexibility index (Phi) is 2.83. The Morgan fingerprint density at radius 1 is 1.53 bits per heavy atom. The van der Waals surface area contributed by atoms with Crippen LogP contribution in [-0.2, 0) is 4.79 Å². The molecule has 0 saturated carbocycles. The first kappa shape index (κ1) is 10.3. The van der Waals surface area contributed by atoms with E-state index in [9.17, 15) is 4.79 Å². The van der Waals surface area contributed by atoms with Crippen molar-refractivity contribution in [3.05, 3.63) is 28.4 Å². The van der Waals surface area contributed by atoms with E-state index < -0.39 is 0 Å². The topological polar surface area (TPSA) is 45.8 Å². The number of rotatable bonds is 2. The van der Waals surface area contributed by atoms with Gasteiger partial charge in [-0.05, 0) is 36.4 Å². The molecule has 0 aliphatic heterocycles. The Bertz CT molecular complexity index is 577. The summed E-state index contributed by atoms with van der Waals surface area (Å²) in [4.78, 5) is 17.7. The maximum absolute atomic E-state index is 10.4. The number of carbonyl (C=O) groups is 1. The highest BCUT2D eigenvalue weighted by atomic mass is 32.2. The molecule has 0 saturated heterocycles. The van der Waals surface area contributed by atoms with Crippen molar-refractivity contribution in [3.63, 3.8) is 0 Å². The van der Waals surface area contributed by atoms with Crippen LogP contribution in [0.2, 0.25) is 0 Å². The van der Waals surface area contributed by atoms with E-state index >= 15 is 0 Å². The number of hydrogen-bond donors (Lipinski definition) is 1. The van der Waals surface area contributed by atoms with Crippen LogP contribution in [0.4, 0.5) is 0 Å². The fraction of sp³-hybridized carbons (Fsp3) is 0.100. The summed E-state index contributed by atoms with van der Waals surface area (Å²) in [6.07, 6.45) is 0. The molecular formula is C10H8N2OS2. The highest BCUT2D eigenvalue weighted by molar-refractivity contribution is 8.11. The van der Waals surface area contributed by atoms with Gasteiger partial charge in [-0.1, -0.05) is 18.3 Å². The third-order valence-corrected chi connectivity index (χ3v) is 3.02. The van der Waals surface area contributed by atoms with Gasteiger partial charge >= 0.3 is 0 Å². The summed E-state index contributed by atoms with van der Waals surface area (Å²) in [5, 5.41) is 0.552. The Labute approximate surface area is 95.9 Å². The zero-order chi connectivity index (χ0) is 10.8. The van der Waals surface area contributed by atoms with Crippen LogP contribution in [0.3, 0.4) is 0 Å². The van der Waals surface area contributed by atoms with Crippen molar-refractivity contribution in [2.24, 2.45) is 0 Å². The number of thioether (sulfide) groups is 1. The number of nitrogens with zero attached hydrogens (tertiary/aromatic N) is 1. The average Bonchev–Trinajstić information content (AvgIpc) is 2.20. The molecule has 76 valence electrons. The van der Waals surface area contributed by atoms with Gasteiger partial charge in [0, 0.05) is 0 Å². The van der Waals surface area contributed by atoms with Crippen LogP contribution in [-0.4, -0.2) is 15.6 Å². The quantitative estimate of drug-likeness (QED) is 0.495. The normalized spacial score (nSPS) is 10.5. The van der Waals surface area contributed by atoms with Crippen LogP contribution in [0, 0.1) is 11.6 Å². The zero-order valence-electron chi connectivity index (χ0n) is 7.98. The molecule has 0 spiro atoms. The van der Waals surface area contributed by atoms with Gasteiger partial charge in [-0.25, -0.2) is 4.98 Å². The molecule has 0 unspecified atom stereocenters. The summed E-state index contributed by atoms with van der Waals surface area (Å²) in [5.41, 5.74) is 3.59. The Morgan fingerprint density at radius 2 is 2.33 bits per heavy atom. The van der Waals surface area contributed by atoms with E-state index in [2.05, 4.69) is 9.97 Å². The zero-order valence-corrected chi connectivity index (χ0v) is 9.61. The van der Waals surface area contributed by atoms with Crippen molar-refractivity contribution in [3.8, 4) is 0 Å². The van der Waals surface area contributed by atoms with E-state index in [1.54, 1.807) is 0 Å². The van der Waals surface area contributed by atoms with Crippen LogP contribution in [0.15, 0.2) is 23.2 Å². The third kappa shape index (κ3) is 2.08. The summed E-state index contributed by atoms with van der Waals surface area (Å²) in [7, 11) is 0. The van der Waals surface area contributed by atoms with Gasteiger partial charge in [0.2, 0.25) is 0 Å². The smallest absolute Gasteiger partial charge is 0.182 e. The number of fused-ring (bicyclic) bond motifs is 1. The molecule has 0 amide bonds. The van der Waals surface area contributed by atoms with E-state index in [-0.39, 0.29) is 0 Å². The van der Waals surface area contributed by atoms with E-state index in [1.165, 1.54) is 0 Å². The summed E-state index contributed by atoms with van der Waals surface area (Å²) in [6.45, 7) is 2.00. The molecule has 0 aliphatic rings. The fourth-order valence-corrected chi connectivity index (χ4v) is 2.01. The molecule has 5 heteroatoms. The Hall–Kier alpha value is -1.20. The maximum Gasteiger partial charge on any atom is 0.182 e. The van der Waals surface area contributed by atoms with Crippen molar-refractivity contribution in [1.82, 2.24) is 9.97 Å². The number of aryl methyl sites for hydroxylation is 1. The van der Waals surface area contributed by atoms with Gasteiger partial charge in [0.25, 0.3) is 0 Å². The first-order valence-corrected chi connectivity index (χ1v) is 5.60. The summed E-state index contributed by atoms with van der Waals surface area (Å²) >= 11 is 6.08. The SMILES string of the molecule is Cc1ccc2nc(SC=O)c(=S)[nH]c2c1. The van der Waals surface area contributed by atoms with Crippen molar-refractivity contribution in [2.45, 2.75) is 11.9 Å². The van der Waals surface area contributed by atoms with E-state index in [0.717, 1.165) is 34.0 Å². The highest BCUT2D eigenvalue weighted by Gasteiger charge is 2.02. The molecule has 1 N–H and O–H groups in total. The van der Waals surface area contributed by atoms with Gasteiger partial charge in [0.05, 0.1) is 11.0 Å². The van der Waals surface area contributed by atoms with Crippen LogP contribution in [0.5, 0.6) is 0 Å². The minimum atomic E-state index is 0.505. The van der Waals surface area contributed by atoms with Crippen molar-refractivity contribution >= 4 is 40.6 Å². The predicted molar refractivity (Wildman–Crippen MR) is 64.3 cm³/mol. The minimum Gasteiger partial charge on any atom is -0.343 e. The molecule has 1 aromatic heterocycles. The van der Waals surface area contributed by atoms with Crippen molar-refractivity contribution < 1.29 is 4.79 Å². The number of benzene rings is 1. The van der Waals surface area contributed by atoms with Gasteiger partial charge < -0.3 is 4.98 Å². The number of aromatic amines is 1. The Morgan fingerprint density at radius 3 is 3.07 bits per heavy atom. The highest BCUT2D eigenvalue weighted by Crippen LogP contribution is 2.18. The van der Waals surface area contributed by atoms with Gasteiger partial charge in [0.15, 0.2) is 5.62 Å². The molecule has 15 heavy (non-hydrogen) atoms. The van der Waals surface area contributed by atoms with E-state index in [1.807, 2.05) is 25.1 Å². The second-order valence-electron chi connectivity index (χ2n) is 3.11. The summed E-state index contributed by atoms with van der Waals surface area (Å²) in [6, 6.07) is 5.86. The first-order chi connectivity index (χ1) is 7.20. The number of aromatic nitrogens is 2. The van der Waals surface area contributed by atoms with Gasteiger partial charge in [0.1, 0.15) is 9.67 Å². The van der Waals surface area contributed by atoms with E-state index in [0.29, 0.717) is 9.67 Å². The summed E-state index contributed by atoms with van der Waals surface area (Å²) < 4.78 is 0.505.